The average molecular weight is 574 g/mol. The van der Waals surface area contributed by atoms with Crippen LogP contribution in [0.25, 0.3) is 0 Å². The molecule has 11 rings (SSSR count). The van der Waals surface area contributed by atoms with E-state index < -0.39 is 7.14 Å². The smallest absolute Gasteiger partial charge is 0.183 e. The summed E-state index contributed by atoms with van der Waals surface area (Å²) in [6.45, 7) is 0. The van der Waals surface area contributed by atoms with Gasteiger partial charge in [0.15, 0.2) is 30.1 Å². The molecule has 0 radical (unpaired) electrons. The molecule has 0 saturated heterocycles. The molecular formula is C36H20N3O3P. The van der Waals surface area contributed by atoms with Crippen molar-refractivity contribution >= 4 is 74.2 Å². The summed E-state index contributed by atoms with van der Waals surface area (Å²) in [5.74, 6) is 2.95. The number of rotatable bonds is 1. The molecule has 0 aromatic heterocycles. The molecule has 0 saturated carbocycles. The minimum Gasteiger partial charge on any atom is -0.453 e. The van der Waals surface area contributed by atoms with E-state index in [-0.39, 0.29) is 0 Å². The summed E-state index contributed by atoms with van der Waals surface area (Å²) < 4.78 is 29.6. The second kappa shape index (κ2) is 7.30. The maximum Gasteiger partial charge on any atom is 0.183 e. The molecule has 6 nitrogen and oxygen atoms in total. The van der Waals surface area contributed by atoms with Crippen molar-refractivity contribution in [2.75, 3.05) is 14.7 Å². The number of hydrogen-bond donors (Lipinski definition) is 0. The van der Waals surface area contributed by atoms with E-state index >= 15 is 4.57 Å². The van der Waals surface area contributed by atoms with Gasteiger partial charge in [-0.05, 0) is 72.8 Å². The number of hydrogen-bond acceptors (Lipinski definition) is 6. The highest BCUT2D eigenvalue weighted by molar-refractivity contribution is 7.87. The van der Waals surface area contributed by atoms with Gasteiger partial charge in [-0.1, -0.05) is 48.5 Å². The van der Waals surface area contributed by atoms with Gasteiger partial charge in [-0.2, -0.15) is 0 Å². The predicted molar refractivity (Wildman–Crippen MR) is 171 cm³/mol. The Morgan fingerprint density at radius 1 is 0.395 bits per heavy atom. The zero-order valence-corrected chi connectivity index (χ0v) is 23.5. The second-order valence-electron chi connectivity index (χ2n) is 11.3. The topological polar surface area (TPSA) is 45.2 Å². The molecule has 6 aromatic rings. The van der Waals surface area contributed by atoms with Crippen molar-refractivity contribution in [2.24, 2.45) is 0 Å². The Bertz CT molecular complexity index is 2180. The summed E-state index contributed by atoms with van der Waals surface area (Å²) in [6, 6.07) is 41.0. The lowest BCUT2D eigenvalue weighted by Crippen LogP contribution is -2.48. The average Bonchev–Trinajstić information content (AvgIpc) is 3.05. The highest BCUT2D eigenvalue weighted by Gasteiger charge is 2.57. The molecular weight excluding hydrogens is 553 g/mol. The monoisotopic (exact) mass is 573 g/mol. The van der Waals surface area contributed by atoms with Gasteiger partial charge in [-0.3, -0.25) is 0 Å². The SMILES string of the molecule is O=P12c3c4cccc3N3c5ccccc5Oc5ccc(c1c53)N(c1ccccc1)c1ccc3c(c12)N4c1ccccc1O3. The third-order valence-electron chi connectivity index (χ3n) is 9.20. The van der Waals surface area contributed by atoms with Crippen LogP contribution in [0.1, 0.15) is 0 Å². The van der Waals surface area contributed by atoms with Crippen molar-refractivity contribution in [3.8, 4) is 23.0 Å². The first kappa shape index (κ1) is 22.2. The molecule has 6 aromatic carbocycles. The van der Waals surface area contributed by atoms with Crippen LogP contribution in [0.5, 0.6) is 23.0 Å². The molecule has 0 atom stereocenters. The fourth-order valence-electron chi connectivity index (χ4n) is 7.64. The Morgan fingerprint density at radius 2 is 0.860 bits per heavy atom. The van der Waals surface area contributed by atoms with Gasteiger partial charge >= 0.3 is 0 Å². The third kappa shape index (κ3) is 2.41. The molecule has 0 fully saturated rings. The molecule has 5 heterocycles. The highest BCUT2D eigenvalue weighted by Crippen LogP contribution is 2.71. The number of nitrogens with zero attached hydrogens (tertiary/aromatic N) is 3. The van der Waals surface area contributed by atoms with E-state index in [1.54, 1.807) is 0 Å². The Hall–Kier alpha value is -5.45. The molecule has 43 heavy (non-hydrogen) atoms. The van der Waals surface area contributed by atoms with Crippen molar-refractivity contribution in [3.63, 3.8) is 0 Å². The lowest BCUT2D eigenvalue weighted by molar-refractivity contribution is 0.476. The van der Waals surface area contributed by atoms with Crippen LogP contribution in [0.15, 0.2) is 121 Å². The second-order valence-corrected chi connectivity index (χ2v) is 13.9. The number of ether oxygens (including phenoxy) is 2. The van der Waals surface area contributed by atoms with Gasteiger partial charge in [-0.15, -0.1) is 0 Å². The Kier molecular flexibility index (Phi) is 3.77. The summed E-state index contributed by atoms with van der Waals surface area (Å²) in [7, 11) is -3.44. The van der Waals surface area contributed by atoms with Gasteiger partial charge in [0.1, 0.15) is 11.4 Å². The van der Waals surface area contributed by atoms with Crippen LogP contribution >= 0.6 is 7.14 Å². The zero-order valence-electron chi connectivity index (χ0n) is 22.6. The lowest BCUT2D eigenvalue weighted by Gasteiger charge is -2.51. The van der Waals surface area contributed by atoms with Crippen molar-refractivity contribution in [2.45, 2.75) is 0 Å². The van der Waals surface area contributed by atoms with Gasteiger partial charge in [0.2, 0.25) is 0 Å². The van der Waals surface area contributed by atoms with E-state index in [0.717, 1.165) is 78.6 Å². The van der Waals surface area contributed by atoms with Crippen LogP contribution in [0.3, 0.4) is 0 Å². The van der Waals surface area contributed by atoms with Crippen LogP contribution < -0.4 is 40.1 Å². The lowest BCUT2D eigenvalue weighted by atomic mass is 10.0. The third-order valence-corrected chi connectivity index (χ3v) is 12.4. The fourth-order valence-corrected chi connectivity index (χ4v) is 11.3. The first-order chi connectivity index (χ1) is 21.2. The van der Waals surface area contributed by atoms with E-state index in [9.17, 15) is 0 Å². The molecule has 7 heteroatoms. The van der Waals surface area contributed by atoms with Gasteiger partial charge < -0.3 is 28.7 Å². The number of fused-ring (bicyclic) bond motifs is 6. The van der Waals surface area contributed by atoms with Crippen molar-refractivity contribution in [3.05, 3.63) is 121 Å². The molecule has 202 valence electrons. The van der Waals surface area contributed by atoms with Crippen molar-refractivity contribution in [1.29, 1.82) is 0 Å². The van der Waals surface area contributed by atoms with Crippen LogP contribution in [0.2, 0.25) is 0 Å². The molecule has 0 aliphatic carbocycles. The largest absolute Gasteiger partial charge is 0.453 e. The van der Waals surface area contributed by atoms with E-state index in [2.05, 4.69) is 69.3 Å². The minimum absolute atomic E-state index is 0.703. The Balaban J connectivity index is 1.37. The number of para-hydroxylation sites is 5. The highest BCUT2D eigenvalue weighted by atomic mass is 31.2. The van der Waals surface area contributed by atoms with Crippen LogP contribution in [0, 0.1) is 0 Å². The van der Waals surface area contributed by atoms with E-state index in [4.69, 9.17) is 9.47 Å². The quantitative estimate of drug-likeness (QED) is 0.183. The number of benzene rings is 6. The van der Waals surface area contributed by atoms with E-state index in [0.29, 0.717) is 11.5 Å². The minimum atomic E-state index is -3.44. The molecule has 0 N–H and O–H groups in total. The first-order valence-electron chi connectivity index (χ1n) is 14.3. The maximum absolute atomic E-state index is 16.5. The standard InChI is InChI=1S/C36H20N3O3P/c40-43-34-24-13-8-14-25(34)39-23-12-5-7-16-29(23)42-31-20-18-27(36(43)33(31)39)37(21-9-2-1-3-10-21)26-17-19-30-32(35(26)43)38(24)22-11-4-6-15-28(22)41-30/h1-20H. The van der Waals surface area contributed by atoms with E-state index in [1.165, 1.54) is 0 Å². The van der Waals surface area contributed by atoms with Gasteiger partial charge in [0, 0.05) is 5.69 Å². The molecule has 0 unspecified atom stereocenters. The van der Waals surface area contributed by atoms with Gasteiger partial charge in [0.05, 0.1) is 50.0 Å². The summed E-state index contributed by atoms with van der Waals surface area (Å²) >= 11 is 0. The predicted octanol–water partition coefficient (Wildman–Crippen LogP) is 8.89. The van der Waals surface area contributed by atoms with Crippen molar-refractivity contribution in [1.82, 2.24) is 0 Å². The first-order valence-corrected chi connectivity index (χ1v) is 16.0. The van der Waals surface area contributed by atoms with Gasteiger partial charge in [-0.25, -0.2) is 0 Å². The van der Waals surface area contributed by atoms with Crippen molar-refractivity contribution < 1.29 is 14.0 Å². The molecule has 0 bridgehead atoms. The van der Waals surface area contributed by atoms with Crippen LogP contribution in [-0.4, -0.2) is 0 Å². The summed E-state index contributed by atoms with van der Waals surface area (Å²) in [5.41, 5.74) is 8.20. The fraction of sp³-hybridized carbons (Fsp3) is 0. The van der Waals surface area contributed by atoms with Crippen LogP contribution in [0.4, 0.5) is 51.2 Å². The van der Waals surface area contributed by atoms with Crippen LogP contribution in [-0.2, 0) is 4.57 Å². The molecule has 0 spiro atoms. The Morgan fingerprint density at radius 3 is 1.42 bits per heavy atom. The molecule has 5 aliphatic heterocycles. The molecule has 0 amide bonds. The summed E-state index contributed by atoms with van der Waals surface area (Å²) in [5, 5.41) is 2.47. The summed E-state index contributed by atoms with van der Waals surface area (Å²) in [4.78, 5) is 6.77. The molecule has 5 aliphatic rings. The Labute approximate surface area is 246 Å². The normalized spacial score (nSPS) is 16.0. The number of anilines is 9. The zero-order chi connectivity index (χ0) is 28.0. The van der Waals surface area contributed by atoms with Gasteiger partial charge in [0.25, 0.3) is 0 Å². The van der Waals surface area contributed by atoms with E-state index in [1.807, 2.05) is 66.7 Å². The maximum atomic E-state index is 16.5. The summed E-state index contributed by atoms with van der Waals surface area (Å²) in [6.07, 6.45) is 0.